The number of hydrazone groups is 1. The number of nitrogens with zero attached hydrogens (tertiary/aromatic N) is 2. The molecule has 1 aromatic heterocycles. The Kier molecular flexibility index (Phi) is 5.92. The van der Waals surface area contributed by atoms with Crippen LogP contribution in [0.4, 0.5) is 13.2 Å². The maximum Gasteiger partial charge on any atom is 0.416 e. The lowest BCUT2D eigenvalue weighted by molar-refractivity contribution is -0.137. The van der Waals surface area contributed by atoms with Crippen LogP contribution in [-0.2, 0) is 15.7 Å². The molecule has 0 bridgehead atoms. The van der Waals surface area contributed by atoms with E-state index in [1.165, 1.54) is 18.3 Å². The van der Waals surface area contributed by atoms with E-state index in [2.05, 4.69) is 10.5 Å². The maximum atomic E-state index is 12.8. The van der Waals surface area contributed by atoms with Gasteiger partial charge in [0, 0.05) is 18.7 Å². The molecule has 1 N–H and O–H groups in total. The summed E-state index contributed by atoms with van der Waals surface area (Å²) in [7, 11) is 0. The molecule has 2 heterocycles. The molecule has 0 saturated carbocycles. The normalized spacial score (nSPS) is 16.0. The molecule has 1 aliphatic heterocycles. The number of nitrogens with one attached hydrogen (secondary N) is 1. The molecule has 0 spiro atoms. The van der Waals surface area contributed by atoms with Gasteiger partial charge in [0.15, 0.2) is 0 Å². The lowest BCUT2D eigenvalue weighted by Crippen LogP contribution is -2.42. The van der Waals surface area contributed by atoms with Gasteiger partial charge >= 0.3 is 6.18 Å². The fourth-order valence-corrected chi connectivity index (χ4v) is 2.59. The van der Waals surface area contributed by atoms with Crippen LogP contribution in [0.3, 0.4) is 0 Å². The van der Waals surface area contributed by atoms with Crippen molar-refractivity contribution in [3.8, 4) is 11.3 Å². The Morgan fingerprint density at radius 1 is 1.22 bits per heavy atom. The van der Waals surface area contributed by atoms with E-state index >= 15 is 0 Å². The van der Waals surface area contributed by atoms with Crippen molar-refractivity contribution in [1.29, 1.82) is 0 Å². The number of amides is 1. The lowest BCUT2D eigenvalue weighted by Gasteiger charge is -2.25. The number of carbonyl (C=O) groups is 1. The number of hydrogen-bond acceptors (Lipinski definition) is 5. The molecular formula is C18H18F3N3O3. The number of hydrogen-bond donors (Lipinski definition) is 1. The molecule has 0 atom stereocenters. The van der Waals surface area contributed by atoms with Crippen LogP contribution in [0.2, 0.25) is 0 Å². The smallest absolute Gasteiger partial charge is 0.416 e. The number of rotatable bonds is 5. The van der Waals surface area contributed by atoms with Gasteiger partial charge < -0.3 is 9.15 Å². The molecule has 9 heteroatoms. The number of carbonyl (C=O) groups excluding carboxylic acids is 1. The van der Waals surface area contributed by atoms with Crippen LogP contribution >= 0.6 is 0 Å². The molecule has 1 fully saturated rings. The third-order valence-corrected chi connectivity index (χ3v) is 3.95. The van der Waals surface area contributed by atoms with Crippen molar-refractivity contribution in [1.82, 2.24) is 10.3 Å². The third kappa shape index (κ3) is 5.41. The zero-order valence-corrected chi connectivity index (χ0v) is 14.3. The predicted molar refractivity (Wildman–Crippen MR) is 92.1 cm³/mol. The molecule has 1 saturated heterocycles. The number of morpholine rings is 1. The molecule has 2 aromatic rings. The van der Waals surface area contributed by atoms with Crippen LogP contribution < -0.4 is 5.43 Å². The van der Waals surface area contributed by atoms with E-state index < -0.39 is 11.7 Å². The molecule has 6 nitrogen and oxygen atoms in total. The van der Waals surface area contributed by atoms with Crippen LogP contribution in [-0.4, -0.2) is 49.9 Å². The second-order valence-corrected chi connectivity index (χ2v) is 5.96. The third-order valence-electron chi connectivity index (χ3n) is 3.95. The van der Waals surface area contributed by atoms with Crippen LogP contribution in [0, 0.1) is 0 Å². The first-order chi connectivity index (χ1) is 12.9. The van der Waals surface area contributed by atoms with Gasteiger partial charge in [-0.25, -0.2) is 5.43 Å². The molecule has 0 radical (unpaired) electrons. The second kappa shape index (κ2) is 8.36. The molecule has 0 aliphatic carbocycles. The van der Waals surface area contributed by atoms with Gasteiger partial charge in [0.2, 0.25) is 0 Å². The van der Waals surface area contributed by atoms with E-state index in [-0.39, 0.29) is 18.2 Å². The number of alkyl halides is 3. The molecule has 1 aromatic carbocycles. The predicted octanol–water partition coefficient (Wildman–Crippen LogP) is 2.75. The molecule has 27 heavy (non-hydrogen) atoms. The minimum absolute atomic E-state index is 0.217. The van der Waals surface area contributed by atoms with E-state index in [0.29, 0.717) is 37.6 Å². The van der Waals surface area contributed by atoms with Crippen molar-refractivity contribution >= 4 is 12.1 Å². The van der Waals surface area contributed by atoms with Crippen molar-refractivity contribution in [3.05, 3.63) is 47.7 Å². The quantitative estimate of drug-likeness (QED) is 0.639. The van der Waals surface area contributed by atoms with Crippen molar-refractivity contribution in [3.63, 3.8) is 0 Å². The zero-order chi connectivity index (χ0) is 19.3. The molecule has 3 rings (SSSR count). The fourth-order valence-electron chi connectivity index (χ4n) is 2.59. The highest BCUT2D eigenvalue weighted by molar-refractivity contribution is 5.82. The molecule has 0 unspecified atom stereocenters. The van der Waals surface area contributed by atoms with Gasteiger partial charge in [-0.1, -0.05) is 12.1 Å². The average molecular weight is 381 g/mol. The first-order valence-corrected chi connectivity index (χ1v) is 8.31. The van der Waals surface area contributed by atoms with E-state index in [0.717, 1.165) is 12.1 Å². The molecule has 144 valence electrons. The van der Waals surface area contributed by atoms with Gasteiger partial charge in [0.25, 0.3) is 5.91 Å². The van der Waals surface area contributed by atoms with Crippen LogP contribution in [0.5, 0.6) is 0 Å². The second-order valence-electron chi connectivity index (χ2n) is 5.96. The Hall–Kier alpha value is -2.65. The van der Waals surface area contributed by atoms with Crippen molar-refractivity contribution in [2.45, 2.75) is 6.18 Å². The Morgan fingerprint density at radius 2 is 2.00 bits per heavy atom. The SMILES string of the molecule is O=C(CN1CCOCC1)N/N=C\c1ccc(-c2cccc(C(F)(F)F)c2)o1. The Balaban J connectivity index is 1.57. The summed E-state index contributed by atoms with van der Waals surface area (Å²) in [5.74, 6) is 0.328. The van der Waals surface area contributed by atoms with Crippen molar-refractivity contribution in [2.75, 3.05) is 32.8 Å². The molecule has 1 amide bonds. The summed E-state index contributed by atoms with van der Waals surface area (Å²) in [6.07, 6.45) is -3.12. The summed E-state index contributed by atoms with van der Waals surface area (Å²) in [5, 5.41) is 3.81. The van der Waals surface area contributed by atoms with Gasteiger partial charge in [0.1, 0.15) is 11.5 Å². The monoisotopic (exact) mass is 381 g/mol. The number of ether oxygens (including phenoxy) is 1. The van der Waals surface area contributed by atoms with Crippen molar-refractivity contribution < 1.29 is 27.1 Å². The number of benzene rings is 1. The largest absolute Gasteiger partial charge is 0.455 e. The van der Waals surface area contributed by atoms with Gasteiger partial charge in [0.05, 0.1) is 31.5 Å². The zero-order valence-electron chi connectivity index (χ0n) is 14.3. The number of halogens is 3. The minimum Gasteiger partial charge on any atom is -0.455 e. The maximum absolute atomic E-state index is 12.8. The highest BCUT2D eigenvalue weighted by Gasteiger charge is 2.30. The van der Waals surface area contributed by atoms with E-state index in [1.54, 1.807) is 12.1 Å². The summed E-state index contributed by atoms with van der Waals surface area (Å²) >= 11 is 0. The highest BCUT2D eigenvalue weighted by Crippen LogP contribution is 2.32. The highest BCUT2D eigenvalue weighted by atomic mass is 19.4. The van der Waals surface area contributed by atoms with Crippen LogP contribution in [0.1, 0.15) is 11.3 Å². The summed E-state index contributed by atoms with van der Waals surface area (Å²) < 4.78 is 49.1. The Morgan fingerprint density at radius 3 is 2.74 bits per heavy atom. The van der Waals surface area contributed by atoms with Gasteiger partial charge in [-0.2, -0.15) is 18.3 Å². The van der Waals surface area contributed by atoms with Gasteiger partial charge in [-0.15, -0.1) is 0 Å². The van der Waals surface area contributed by atoms with Crippen LogP contribution in [0.25, 0.3) is 11.3 Å². The number of furan rings is 1. The molecule has 1 aliphatic rings. The van der Waals surface area contributed by atoms with E-state index in [9.17, 15) is 18.0 Å². The van der Waals surface area contributed by atoms with Gasteiger partial charge in [-0.3, -0.25) is 9.69 Å². The van der Waals surface area contributed by atoms with Crippen molar-refractivity contribution in [2.24, 2.45) is 5.10 Å². The first kappa shape index (κ1) is 19.1. The lowest BCUT2D eigenvalue weighted by atomic mass is 10.1. The molecular weight excluding hydrogens is 363 g/mol. The summed E-state index contributed by atoms with van der Waals surface area (Å²) in [4.78, 5) is 13.8. The fraction of sp³-hybridized carbons (Fsp3) is 0.333. The topological polar surface area (TPSA) is 67.1 Å². The van der Waals surface area contributed by atoms with Crippen LogP contribution in [0.15, 0.2) is 45.9 Å². The van der Waals surface area contributed by atoms with E-state index in [1.807, 2.05) is 4.90 Å². The van der Waals surface area contributed by atoms with E-state index in [4.69, 9.17) is 9.15 Å². The van der Waals surface area contributed by atoms with Gasteiger partial charge in [-0.05, 0) is 24.3 Å². The minimum atomic E-state index is -4.42. The first-order valence-electron chi connectivity index (χ1n) is 8.31. The Bertz CT molecular complexity index is 811. The summed E-state index contributed by atoms with van der Waals surface area (Å²) in [6.45, 7) is 2.79. The summed E-state index contributed by atoms with van der Waals surface area (Å²) in [6, 6.07) is 7.97. The summed E-state index contributed by atoms with van der Waals surface area (Å²) in [5.41, 5.74) is 1.95. The average Bonchev–Trinajstić information content (AvgIpc) is 3.11. The Labute approximate surface area is 153 Å². The standard InChI is InChI=1S/C18H18F3N3O3/c19-18(20,21)14-3-1-2-13(10-14)16-5-4-15(27-16)11-22-23-17(25)12-24-6-8-26-9-7-24/h1-5,10-11H,6-9,12H2,(H,23,25)/b22-11-.